The molecule has 7 heteroatoms. The van der Waals surface area contributed by atoms with E-state index in [2.05, 4.69) is 34.6 Å². The van der Waals surface area contributed by atoms with Gasteiger partial charge in [-0.3, -0.25) is 9.59 Å². The summed E-state index contributed by atoms with van der Waals surface area (Å²) < 4.78 is 0. The highest BCUT2D eigenvalue weighted by molar-refractivity contribution is 7.15. The van der Waals surface area contributed by atoms with Crippen LogP contribution < -0.4 is 10.2 Å². The molecule has 2 amide bonds. The molecule has 0 spiro atoms. The van der Waals surface area contributed by atoms with Gasteiger partial charge in [0.25, 0.3) is 0 Å². The smallest absolute Gasteiger partial charge is 0.231 e. The monoisotopic (exact) mass is 434 g/mol. The summed E-state index contributed by atoms with van der Waals surface area (Å²) in [5.41, 5.74) is 3.37. The molecule has 1 aromatic heterocycles. The van der Waals surface area contributed by atoms with Crippen LogP contribution in [0.1, 0.15) is 35.9 Å². The van der Waals surface area contributed by atoms with Gasteiger partial charge in [-0.15, -0.1) is 10.2 Å². The van der Waals surface area contributed by atoms with Crippen molar-refractivity contribution in [1.82, 2.24) is 10.2 Å². The molecule has 4 rings (SSSR count). The summed E-state index contributed by atoms with van der Waals surface area (Å²) >= 11 is 1.40. The van der Waals surface area contributed by atoms with E-state index in [4.69, 9.17) is 0 Å². The maximum Gasteiger partial charge on any atom is 0.231 e. The Kier molecular flexibility index (Phi) is 6.72. The lowest BCUT2D eigenvalue weighted by atomic mass is 10.1. The van der Waals surface area contributed by atoms with E-state index in [1.165, 1.54) is 22.5 Å². The molecule has 1 saturated heterocycles. The van der Waals surface area contributed by atoms with Gasteiger partial charge in [0.1, 0.15) is 5.01 Å². The largest absolute Gasteiger partial charge is 0.312 e. The number of aromatic nitrogens is 2. The summed E-state index contributed by atoms with van der Waals surface area (Å²) in [6, 6.07) is 18.3. The van der Waals surface area contributed by atoms with Gasteiger partial charge in [-0.1, -0.05) is 60.7 Å². The number of anilines is 2. The van der Waals surface area contributed by atoms with E-state index >= 15 is 0 Å². The van der Waals surface area contributed by atoms with Gasteiger partial charge in [-0.2, -0.15) is 0 Å². The molecule has 31 heavy (non-hydrogen) atoms. The number of nitrogens with zero attached hydrogens (tertiary/aromatic N) is 3. The first-order valence-electron chi connectivity index (χ1n) is 10.7. The Labute approximate surface area is 186 Å². The number of aryl methyl sites for hydroxylation is 3. The Hall–Kier alpha value is -3.06. The summed E-state index contributed by atoms with van der Waals surface area (Å²) in [5.74, 6) is -0.583. The normalized spacial score (nSPS) is 16.0. The molecule has 2 aromatic carbocycles. The van der Waals surface area contributed by atoms with Crippen molar-refractivity contribution in [1.29, 1.82) is 0 Å². The number of nitrogens with one attached hydrogen (secondary N) is 1. The van der Waals surface area contributed by atoms with Crippen LogP contribution >= 0.6 is 11.3 Å². The van der Waals surface area contributed by atoms with Gasteiger partial charge in [0.15, 0.2) is 0 Å². The summed E-state index contributed by atoms with van der Waals surface area (Å²) in [6.45, 7) is 2.48. The van der Waals surface area contributed by atoms with Gasteiger partial charge >= 0.3 is 0 Å². The van der Waals surface area contributed by atoms with Crippen molar-refractivity contribution in [3.63, 3.8) is 0 Å². The minimum absolute atomic E-state index is 0.0248. The first-order chi connectivity index (χ1) is 15.1. The first-order valence-corrected chi connectivity index (χ1v) is 11.5. The summed E-state index contributed by atoms with van der Waals surface area (Å²) in [4.78, 5) is 26.8. The minimum atomic E-state index is -0.385. The summed E-state index contributed by atoms with van der Waals surface area (Å²) in [6.07, 6.45) is 3.96. The standard InChI is InChI=1S/C24H26N4O2S/c1-2-17-11-13-20(14-12-17)28-16-19(15-22(28)29)23(30)25-24-27-26-21(31-24)10-6-9-18-7-4-3-5-8-18/h3-5,7-8,11-14,19H,2,6,9-10,15-16H2,1H3,(H,25,27,30). The summed E-state index contributed by atoms with van der Waals surface area (Å²) in [5, 5.41) is 12.6. The molecule has 2 heterocycles. The second kappa shape index (κ2) is 9.83. The van der Waals surface area contributed by atoms with E-state index < -0.39 is 0 Å². The fourth-order valence-electron chi connectivity index (χ4n) is 3.75. The second-order valence-corrected chi connectivity index (χ2v) is 8.82. The van der Waals surface area contributed by atoms with Crippen LogP contribution in [0.2, 0.25) is 0 Å². The fraction of sp³-hybridized carbons (Fsp3) is 0.333. The van der Waals surface area contributed by atoms with Gasteiger partial charge in [-0.25, -0.2) is 0 Å². The van der Waals surface area contributed by atoms with Crippen LogP contribution in [0, 0.1) is 5.92 Å². The molecule has 1 unspecified atom stereocenters. The number of hydrogen-bond donors (Lipinski definition) is 1. The minimum Gasteiger partial charge on any atom is -0.312 e. The topological polar surface area (TPSA) is 75.2 Å². The van der Waals surface area contributed by atoms with Crippen LogP contribution in [0.4, 0.5) is 10.8 Å². The van der Waals surface area contributed by atoms with Crippen LogP contribution in [0.5, 0.6) is 0 Å². The van der Waals surface area contributed by atoms with Gasteiger partial charge in [0, 0.05) is 25.1 Å². The zero-order chi connectivity index (χ0) is 21.6. The SMILES string of the molecule is CCc1ccc(N2CC(C(=O)Nc3nnc(CCCc4ccccc4)s3)CC2=O)cc1. The molecule has 3 aromatic rings. The fourth-order valence-corrected chi connectivity index (χ4v) is 4.53. The second-order valence-electron chi connectivity index (χ2n) is 7.75. The molecular formula is C24H26N4O2S. The Morgan fingerprint density at radius 1 is 1.06 bits per heavy atom. The van der Waals surface area contributed by atoms with E-state index in [-0.39, 0.29) is 24.2 Å². The molecule has 0 aliphatic carbocycles. The molecule has 1 aliphatic rings. The molecule has 1 N–H and O–H groups in total. The lowest BCUT2D eigenvalue weighted by Gasteiger charge is -2.17. The van der Waals surface area contributed by atoms with Crippen molar-refractivity contribution in [2.45, 2.75) is 39.0 Å². The number of benzene rings is 2. The summed E-state index contributed by atoms with van der Waals surface area (Å²) in [7, 11) is 0. The Balaban J connectivity index is 1.29. The predicted molar refractivity (Wildman–Crippen MR) is 123 cm³/mol. The van der Waals surface area contributed by atoms with E-state index in [1.807, 2.05) is 42.5 Å². The van der Waals surface area contributed by atoms with Crippen molar-refractivity contribution >= 4 is 34.0 Å². The molecule has 1 fully saturated rings. The average Bonchev–Trinajstić information content (AvgIpc) is 3.41. The Morgan fingerprint density at radius 3 is 2.58 bits per heavy atom. The first kappa shape index (κ1) is 21.2. The van der Waals surface area contributed by atoms with Gasteiger partial charge in [0.05, 0.1) is 5.92 Å². The molecule has 6 nitrogen and oxygen atoms in total. The van der Waals surface area contributed by atoms with Crippen molar-refractivity contribution in [3.05, 3.63) is 70.7 Å². The molecule has 1 aliphatic heterocycles. The van der Waals surface area contributed by atoms with Crippen LogP contribution in [0.25, 0.3) is 0 Å². The maximum atomic E-state index is 12.7. The third-order valence-corrected chi connectivity index (χ3v) is 6.45. The van der Waals surface area contributed by atoms with Crippen molar-refractivity contribution in [3.8, 4) is 0 Å². The zero-order valence-electron chi connectivity index (χ0n) is 17.6. The number of amides is 2. The van der Waals surface area contributed by atoms with E-state index in [1.54, 1.807) is 4.90 Å². The number of carbonyl (C=O) groups excluding carboxylic acids is 2. The highest BCUT2D eigenvalue weighted by Gasteiger charge is 2.35. The molecule has 0 saturated carbocycles. The Bertz CT molecular complexity index is 1030. The van der Waals surface area contributed by atoms with E-state index in [0.717, 1.165) is 36.4 Å². The highest BCUT2D eigenvalue weighted by atomic mass is 32.1. The highest BCUT2D eigenvalue weighted by Crippen LogP contribution is 2.27. The van der Waals surface area contributed by atoms with Crippen LogP contribution in [-0.2, 0) is 28.9 Å². The molecule has 0 bridgehead atoms. The number of hydrogen-bond acceptors (Lipinski definition) is 5. The molecule has 1 atom stereocenters. The Morgan fingerprint density at radius 2 is 1.84 bits per heavy atom. The molecule has 160 valence electrons. The predicted octanol–water partition coefficient (Wildman–Crippen LogP) is 4.27. The van der Waals surface area contributed by atoms with Gasteiger partial charge in [0.2, 0.25) is 16.9 Å². The van der Waals surface area contributed by atoms with Crippen LogP contribution in [-0.4, -0.2) is 28.6 Å². The van der Waals surface area contributed by atoms with Crippen molar-refractivity contribution < 1.29 is 9.59 Å². The van der Waals surface area contributed by atoms with Gasteiger partial charge in [-0.05, 0) is 42.5 Å². The van der Waals surface area contributed by atoms with E-state index in [0.29, 0.717) is 11.7 Å². The lowest BCUT2D eigenvalue weighted by molar-refractivity contribution is -0.122. The average molecular weight is 435 g/mol. The van der Waals surface area contributed by atoms with Crippen molar-refractivity contribution in [2.75, 3.05) is 16.8 Å². The third kappa shape index (κ3) is 5.35. The third-order valence-electron chi connectivity index (χ3n) is 5.55. The van der Waals surface area contributed by atoms with Crippen LogP contribution in [0.15, 0.2) is 54.6 Å². The van der Waals surface area contributed by atoms with E-state index in [9.17, 15) is 9.59 Å². The van der Waals surface area contributed by atoms with Crippen LogP contribution in [0.3, 0.4) is 0 Å². The van der Waals surface area contributed by atoms with Gasteiger partial charge < -0.3 is 10.2 Å². The number of carbonyl (C=O) groups is 2. The zero-order valence-corrected chi connectivity index (χ0v) is 18.4. The molecular weight excluding hydrogens is 408 g/mol. The number of rotatable bonds is 8. The quantitative estimate of drug-likeness (QED) is 0.575. The lowest BCUT2D eigenvalue weighted by Crippen LogP contribution is -2.28. The van der Waals surface area contributed by atoms with Crippen molar-refractivity contribution in [2.24, 2.45) is 5.92 Å². The molecule has 0 radical (unpaired) electrons. The maximum absolute atomic E-state index is 12.7.